The molecular formula is C20H23NO3. The van der Waals surface area contributed by atoms with Crippen molar-refractivity contribution in [2.45, 2.75) is 32.7 Å². The van der Waals surface area contributed by atoms with E-state index in [2.05, 4.69) is 12.2 Å². The van der Waals surface area contributed by atoms with Crippen LogP contribution in [0.25, 0.3) is 0 Å². The second kappa shape index (κ2) is 8.87. The SMILES string of the molecule is CCCC(NC(=O)COc1ccc(C(C)=O)cc1)c1ccccc1. The molecule has 0 spiro atoms. The van der Waals surface area contributed by atoms with Gasteiger partial charge in [-0.3, -0.25) is 9.59 Å². The highest BCUT2D eigenvalue weighted by Gasteiger charge is 2.14. The Morgan fingerprint density at radius 1 is 1.04 bits per heavy atom. The molecule has 126 valence electrons. The molecule has 1 unspecified atom stereocenters. The van der Waals surface area contributed by atoms with Crippen LogP contribution in [-0.4, -0.2) is 18.3 Å². The molecule has 2 aromatic rings. The predicted octanol–water partition coefficient (Wildman–Crippen LogP) is 3.93. The Kier molecular flexibility index (Phi) is 6.55. The van der Waals surface area contributed by atoms with E-state index in [1.165, 1.54) is 6.92 Å². The lowest BCUT2D eigenvalue weighted by molar-refractivity contribution is -0.123. The number of benzene rings is 2. The van der Waals surface area contributed by atoms with E-state index in [9.17, 15) is 9.59 Å². The molecule has 0 aromatic heterocycles. The average Bonchev–Trinajstić information content (AvgIpc) is 2.60. The van der Waals surface area contributed by atoms with E-state index >= 15 is 0 Å². The van der Waals surface area contributed by atoms with Crippen LogP contribution in [0.4, 0.5) is 0 Å². The number of nitrogens with one attached hydrogen (secondary N) is 1. The van der Waals surface area contributed by atoms with Crippen molar-refractivity contribution in [1.29, 1.82) is 0 Å². The summed E-state index contributed by atoms with van der Waals surface area (Å²) < 4.78 is 5.49. The summed E-state index contributed by atoms with van der Waals surface area (Å²) in [6, 6.07) is 16.7. The molecular weight excluding hydrogens is 302 g/mol. The molecule has 0 aliphatic heterocycles. The molecule has 1 atom stereocenters. The Labute approximate surface area is 142 Å². The summed E-state index contributed by atoms with van der Waals surface area (Å²) in [5.74, 6) is 0.416. The summed E-state index contributed by atoms with van der Waals surface area (Å²) in [4.78, 5) is 23.4. The van der Waals surface area contributed by atoms with Gasteiger partial charge in [-0.25, -0.2) is 0 Å². The molecule has 1 amide bonds. The van der Waals surface area contributed by atoms with Gasteiger partial charge >= 0.3 is 0 Å². The van der Waals surface area contributed by atoms with Gasteiger partial charge in [-0.1, -0.05) is 43.7 Å². The Morgan fingerprint density at radius 2 is 1.71 bits per heavy atom. The number of carbonyl (C=O) groups is 2. The second-order valence-corrected chi connectivity index (χ2v) is 5.69. The van der Waals surface area contributed by atoms with E-state index < -0.39 is 0 Å². The Bertz CT molecular complexity index is 665. The largest absolute Gasteiger partial charge is 0.484 e. The fourth-order valence-electron chi connectivity index (χ4n) is 2.47. The first-order valence-corrected chi connectivity index (χ1v) is 8.18. The van der Waals surface area contributed by atoms with E-state index in [0.29, 0.717) is 11.3 Å². The van der Waals surface area contributed by atoms with Crippen LogP contribution in [0.3, 0.4) is 0 Å². The van der Waals surface area contributed by atoms with E-state index in [-0.39, 0.29) is 24.3 Å². The molecule has 2 aromatic carbocycles. The Balaban J connectivity index is 1.90. The van der Waals surface area contributed by atoms with Crippen LogP contribution in [0, 0.1) is 0 Å². The number of rotatable bonds is 8. The van der Waals surface area contributed by atoms with E-state index in [1.807, 2.05) is 30.3 Å². The predicted molar refractivity (Wildman–Crippen MR) is 94.2 cm³/mol. The first-order chi connectivity index (χ1) is 11.6. The molecule has 0 bridgehead atoms. The molecule has 24 heavy (non-hydrogen) atoms. The van der Waals surface area contributed by atoms with Crippen molar-refractivity contribution in [2.75, 3.05) is 6.61 Å². The Hall–Kier alpha value is -2.62. The van der Waals surface area contributed by atoms with Gasteiger partial charge in [-0.05, 0) is 43.2 Å². The van der Waals surface area contributed by atoms with Crippen LogP contribution in [0.5, 0.6) is 5.75 Å². The maximum atomic E-state index is 12.2. The van der Waals surface area contributed by atoms with Crippen molar-refractivity contribution < 1.29 is 14.3 Å². The minimum Gasteiger partial charge on any atom is -0.484 e. The van der Waals surface area contributed by atoms with Gasteiger partial charge in [0.05, 0.1) is 6.04 Å². The summed E-state index contributed by atoms with van der Waals surface area (Å²) in [5, 5.41) is 3.02. The molecule has 0 aliphatic carbocycles. The molecule has 2 rings (SSSR count). The highest BCUT2D eigenvalue weighted by Crippen LogP contribution is 2.18. The number of carbonyl (C=O) groups excluding carboxylic acids is 2. The van der Waals surface area contributed by atoms with Crippen molar-refractivity contribution in [1.82, 2.24) is 5.32 Å². The number of hydrogen-bond acceptors (Lipinski definition) is 3. The van der Waals surface area contributed by atoms with Gasteiger partial charge in [-0.15, -0.1) is 0 Å². The summed E-state index contributed by atoms with van der Waals surface area (Å²) >= 11 is 0. The fourth-order valence-corrected chi connectivity index (χ4v) is 2.47. The highest BCUT2D eigenvalue weighted by molar-refractivity contribution is 5.94. The molecule has 0 heterocycles. The molecule has 0 fully saturated rings. The topological polar surface area (TPSA) is 55.4 Å². The van der Waals surface area contributed by atoms with Gasteiger partial charge in [0.25, 0.3) is 5.91 Å². The average molecular weight is 325 g/mol. The quantitative estimate of drug-likeness (QED) is 0.748. The van der Waals surface area contributed by atoms with Crippen molar-refractivity contribution in [3.63, 3.8) is 0 Å². The van der Waals surface area contributed by atoms with Crippen molar-refractivity contribution in [3.8, 4) is 5.75 Å². The van der Waals surface area contributed by atoms with Crippen LogP contribution in [0.15, 0.2) is 54.6 Å². The van der Waals surface area contributed by atoms with E-state index in [4.69, 9.17) is 4.74 Å². The monoisotopic (exact) mass is 325 g/mol. The summed E-state index contributed by atoms with van der Waals surface area (Å²) in [7, 11) is 0. The number of Topliss-reactive ketones (excluding diaryl/α,β-unsaturated/α-hetero) is 1. The van der Waals surface area contributed by atoms with Crippen LogP contribution >= 0.6 is 0 Å². The smallest absolute Gasteiger partial charge is 0.258 e. The van der Waals surface area contributed by atoms with Crippen LogP contribution in [-0.2, 0) is 4.79 Å². The third kappa shape index (κ3) is 5.23. The number of ketones is 1. The van der Waals surface area contributed by atoms with Gasteiger partial charge in [0, 0.05) is 5.56 Å². The standard InChI is InChI=1S/C20H23NO3/c1-3-7-19(17-8-5-4-6-9-17)21-20(23)14-24-18-12-10-16(11-13-18)15(2)22/h4-6,8-13,19H,3,7,14H2,1-2H3,(H,21,23). The molecule has 1 N–H and O–H groups in total. The molecule has 0 radical (unpaired) electrons. The first-order valence-electron chi connectivity index (χ1n) is 8.18. The number of amides is 1. The van der Waals surface area contributed by atoms with Crippen LogP contribution in [0.2, 0.25) is 0 Å². The normalized spacial score (nSPS) is 11.6. The third-order valence-electron chi connectivity index (χ3n) is 3.75. The van der Waals surface area contributed by atoms with Gasteiger partial charge in [0.2, 0.25) is 0 Å². The maximum Gasteiger partial charge on any atom is 0.258 e. The van der Waals surface area contributed by atoms with Crippen molar-refractivity contribution >= 4 is 11.7 Å². The molecule has 0 aliphatic rings. The zero-order chi connectivity index (χ0) is 17.4. The minimum atomic E-state index is -0.159. The molecule has 0 saturated heterocycles. The third-order valence-corrected chi connectivity index (χ3v) is 3.75. The fraction of sp³-hybridized carbons (Fsp3) is 0.300. The van der Waals surface area contributed by atoms with Crippen molar-refractivity contribution in [2.24, 2.45) is 0 Å². The van der Waals surface area contributed by atoms with E-state index in [0.717, 1.165) is 18.4 Å². The highest BCUT2D eigenvalue weighted by atomic mass is 16.5. The van der Waals surface area contributed by atoms with E-state index in [1.54, 1.807) is 24.3 Å². The van der Waals surface area contributed by atoms with Crippen LogP contribution in [0.1, 0.15) is 48.7 Å². The van der Waals surface area contributed by atoms with Gasteiger partial charge in [0.1, 0.15) is 5.75 Å². The Morgan fingerprint density at radius 3 is 2.29 bits per heavy atom. The number of ether oxygens (including phenoxy) is 1. The van der Waals surface area contributed by atoms with Gasteiger partial charge < -0.3 is 10.1 Å². The summed E-state index contributed by atoms with van der Waals surface area (Å²) in [6.07, 6.45) is 1.86. The molecule has 4 nitrogen and oxygen atoms in total. The summed E-state index contributed by atoms with van der Waals surface area (Å²) in [6.45, 7) is 3.56. The minimum absolute atomic E-state index is 0.00422. The lowest BCUT2D eigenvalue weighted by Crippen LogP contribution is -2.32. The zero-order valence-corrected chi connectivity index (χ0v) is 14.1. The second-order valence-electron chi connectivity index (χ2n) is 5.69. The molecule has 4 heteroatoms. The molecule has 0 saturated carbocycles. The van der Waals surface area contributed by atoms with Crippen LogP contribution < -0.4 is 10.1 Å². The van der Waals surface area contributed by atoms with Gasteiger partial charge in [0.15, 0.2) is 12.4 Å². The number of hydrogen-bond donors (Lipinski definition) is 1. The lowest BCUT2D eigenvalue weighted by atomic mass is 10.0. The lowest BCUT2D eigenvalue weighted by Gasteiger charge is -2.18. The maximum absolute atomic E-state index is 12.2. The zero-order valence-electron chi connectivity index (χ0n) is 14.1. The first kappa shape index (κ1) is 17.7. The van der Waals surface area contributed by atoms with Crippen molar-refractivity contribution in [3.05, 3.63) is 65.7 Å². The summed E-state index contributed by atoms with van der Waals surface area (Å²) in [5.41, 5.74) is 1.72. The van der Waals surface area contributed by atoms with Gasteiger partial charge in [-0.2, -0.15) is 0 Å².